The van der Waals surface area contributed by atoms with Gasteiger partial charge in [0.1, 0.15) is 0 Å². The molecule has 0 fully saturated rings. The minimum Gasteiger partial charge on any atom is -0.449 e. The third-order valence-corrected chi connectivity index (χ3v) is 2.65. The maximum atomic E-state index is 11.5. The smallest absolute Gasteiger partial charge is 0.414 e. The van der Waals surface area contributed by atoms with Crippen molar-refractivity contribution in [2.75, 3.05) is 18.6 Å². The first-order chi connectivity index (χ1) is 7.47. The van der Waals surface area contributed by atoms with Crippen LogP contribution in [0.3, 0.4) is 0 Å². The van der Waals surface area contributed by atoms with Crippen molar-refractivity contribution in [2.45, 2.75) is 6.92 Å². The number of amides is 1. The minimum atomic E-state index is -0.520. The fraction of sp³-hybridized carbons (Fsp3) is 0.300. The number of anilines is 1. The van der Waals surface area contributed by atoms with Crippen molar-refractivity contribution < 1.29 is 9.53 Å². The minimum absolute atomic E-state index is 0.284. The monoisotopic (exact) mass is 281 g/mol. The molecule has 1 aromatic carbocycles. The Balaban J connectivity index is 3.08. The van der Waals surface area contributed by atoms with Gasteiger partial charge in [-0.15, -0.1) is 0 Å². The second-order valence-corrected chi connectivity index (χ2v) is 4.23. The highest BCUT2D eigenvalue weighted by Gasteiger charge is 2.18. The Hall–Kier alpha value is -0.640. The van der Waals surface area contributed by atoms with Crippen molar-refractivity contribution >= 4 is 46.6 Å². The van der Waals surface area contributed by atoms with Gasteiger partial charge < -0.3 is 4.74 Å². The number of hydrogen-bond acceptors (Lipinski definition) is 2. The molecule has 0 spiro atoms. The van der Waals surface area contributed by atoms with E-state index >= 15 is 0 Å². The van der Waals surface area contributed by atoms with Crippen LogP contribution in [-0.4, -0.2) is 19.7 Å². The van der Waals surface area contributed by atoms with Crippen LogP contribution in [0.5, 0.6) is 0 Å². The van der Waals surface area contributed by atoms with Crippen LogP contribution in [0.25, 0.3) is 0 Å². The van der Waals surface area contributed by atoms with Crippen LogP contribution in [0.2, 0.25) is 15.1 Å². The van der Waals surface area contributed by atoms with Crippen LogP contribution >= 0.6 is 34.8 Å². The number of halogens is 3. The molecule has 0 aliphatic carbocycles. The Morgan fingerprint density at radius 1 is 1.31 bits per heavy atom. The Morgan fingerprint density at radius 2 is 1.81 bits per heavy atom. The van der Waals surface area contributed by atoms with Gasteiger partial charge in [-0.2, -0.15) is 0 Å². The average molecular weight is 283 g/mol. The van der Waals surface area contributed by atoms with Gasteiger partial charge in [0.25, 0.3) is 0 Å². The maximum Gasteiger partial charge on any atom is 0.414 e. The fourth-order valence-electron chi connectivity index (χ4n) is 1.17. The molecule has 1 rings (SSSR count). The van der Waals surface area contributed by atoms with E-state index in [1.54, 1.807) is 6.92 Å². The summed E-state index contributed by atoms with van der Waals surface area (Å²) in [6.07, 6.45) is -0.520. The molecule has 0 aliphatic heterocycles. The molecule has 0 aliphatic rings. The molecule has 0 atom stereocenters. The summed E-state index contributed by atoms with van der Waals surface area (Å²) in [6.45, 7) is 2.00. The van der Waals surface area contributed by atoms with Crippen molar-refractivity contribution in [3.63, 3.8) is 0 Å². The summed E-state index contributed by atoms with van der Waals surface area (Å²) >= 11 is 17.7. The predicted octanol–water partition coefficient (Wildman–Crippen LogP) is 4.24. The van der Waals surface area contributed by atoms with Crippen LogP contribution in [0.15, 0.2) is 12.1 Å². The van der Waals surface area contributed by atoms with Crippen LogP contribution in [0.4, 0.5) is 10.5 Å². The van der Waals surface area contributed by atoms with Gasteiger partial charge in [0.05, 0.1) is 22.3 Å². The molecule has 0 aromatic heterocycles. The van der Waals surface area contributed by atoms with Crippen molar-refractivity contribution in [1.29, 1.82) is 0 Å². The van der Waals surface area contributed by atoms with E-state index in [-0.39, 0.29) is 6.61 Å². The molecule has 1 aromatic rings. The van der Waals surface area contributed by atoms with E-state index in [1.165, 1.54) is 24.1 Å². The second kappa shape index (κ2) is 5.62. The molecule has 3 nitrogen and oxygen atoms in total. The molecule has 0 saturated heterocycles. The van der Waals surface area contributed by atoms with E-state index in [2.05, 4.69) is 0 Å². The molecular formula is C10H10Cl3NO2. The lowest BCUT2D eigenvalue weighted by Gasteiger charge is -2.19. The lowest BCUT2D eigenvalue weighted by molar-refractivity contribution is 0.161. The van der Waals surface area contributed by atoms with E-state index in [1.807, 2.05) is 0 Å². The van der Waals surface area contributed by atoms with Gasteiger partial charge in [-0.25, -0.2) is 4.79 Å². The van der Waals surface area contributed by atoms with Crippen LogP contribution in [-0.2, 0) is 4.74 Å². The number of carbonyl (C=O) groups excluding carboxylic acids is 1. The van der Waals surface area contributed by atoms with Crippen molar-refractivity contribution in [1.82, 2.24) is 0 Å². The SMILES string of the molecule is CCOC(=O)N(C)c1c(Cl)cc(Cl)cc1Cl. The summed E-state index contributed by atoms with van der Waals surface area (Å²) in [4.78, 5) is 12.7. The molecule has 0 radical (unpaired) electrons. The van der Waals surface area contributed by atoms with Gasteiger partial charge >= 0.3 is 6.09 Å². The van der Waals surface area contributed by atoms with Crippen molar-refractivity contribution in [2.24, 2.45) is 0 Å². The molecule has 1 amide bonds. The average Bonchev–Trinajstić information content (AvgIpc) is 2.16. The van der Waals surface area contributed by atoms with E-state index in [4.69, 9.17) is 39.5 Å². The molecule has 88 valence electrons. The van der Waals surface area contributed by atoms with Crippen LogP contribution in [0, 0.1) is 0 Å². The number of carbonyl (C=O) groups is 1. The first-order valence-corrected chi connectivity index (χ1v) is 5.65. The van der Waals surface area contributed by atoms with E-state index in [9.17, 15) is 4.79 Å². The number of hydrogen-bond donors (Lipinski definition) is 0. The largest absolute Gasteiger partial charge is 0.449 e. The molecule has 0 heterocycles. The third-order valence-electron chi connectivity index (χ3n) is 1.86. The Kier molecular flexibility index (Phi) is 4.71. The van der Waals surface area contributed by atoms with Crippen LogP contribution in [0.1, 0.15) is 6.92 Å². The highest BCUT2D eigenvalue weighted by Crippen LogP contribution is 2.36. The van der Waals surface area contributed by atoms with Crippen molar-refractivity contribution in [3.05, 3.63) is 27.2 Å². The summed E-state index contributed by atoms with van der Waals surface area (Å²) in [7, 11) is 1.53. The standard InChI is InChI=1S/C10H10Cl3NO2/c1-3-16-10(15)14(2)9-7(12)4-6(11)5-8(9)13/h4-5H,3H2,1-2H3. The summed E-state index contributed by atoms with van der Waals surface area (Å²) < 4.78 is 4.84. The first kappa shape index (κ1) is 13.4. The first-order valence-electron chi connectivity index (χ1n) is 4.52. The zero-order valence-corrected chi connectivity index (χ0v) is 11.0. The highest BCUT2D eigenvalue weighted by atomic mass is 35.5. The molecule has 6 heteroatoms. The number of benzene rings is 1. The van der Waals surface area contributed by atoms with Gasteiger partial charge in [-0.05, 0) is 19.1 Å². The predicted molar refractivity (Wildman–Crippen MR) is 66.9 cm³/mol. The highest BCUT2D eigenvalue weighted by molar-refractivity contribution is 6.42. The number of ether oxygens (including phenoxy) is 1. The second-order valence-electron chi connectivity index (χ2n) is 2.98. The Labute approximate surface area is 109 Å². The van der Waals surface area contributed by atoms with E-state index in [0.29, 0.717) is 20.8 Å². The maximum absolute atomic E-state index is 11.5. The normalized spacial score (nSPS) is 10.1. The topological polar surface area (TPSA) is 29.5 Å². The lowest BCUT2D eigenvalue weighted by Crippen LogP contribution is -2.27. The number of rotatable bonds is 2. The zero-order chi connectivity index (χ0) is 12.3. The summed E-state index contributed by atoms with van der Waals surface area (Å²) in [5.41, 5.74) is 0.381. The molecule has 0 unspecified atom stereocenters. The van der Waals surface area contributed by atoms with Gasteiger partial charge in [0, 0.05) is 12.1 Å². The number of nitrogens with zero attached hydrogens (tertiary/aromatic N) is 1. The summed E-state index contributed by atoms with van der Waals surface area (Å²) in [5, 5.41) is 1.01. The molecule has 0 saturated carbocycles. The molecule has 16 heavy (non-hydrogen) atoms. The van der Waals surface area contributed by atoms with Gasteiger partial charge in [-0.3, -0.25) is 4.90 Å². The fourth-order valence-corrected chi connectivity index (χ4v) is 2.24. The Morgan fingerprint density at radius 3 is 2.25 bits per heavy atom. The summed E-state index contributed by atoms with van der Waals surface area (Å²) in [5.74, 6) is 0. The quantitative estimate of drug-likeness (QED) is 0.812. The lowest BCUT2D eigenvalue weighted by atomic mass is 10.3. The Bertz CT molecular complexity index is 386. The van der Waals surface area contributed by atoms with Gasteiger partial charge in [-0.1, -0.05) is 34.8 Å². The van der Waals surface area contributed by atoms with Gasteiger partial charge in [0.2, 0.25) is 0 Å². The molecular weight excluding hydrogens is 272 g/mol. The van der Waals surface area contributed by atoms with Crippen molar-refractivity contribution in [3.8, 4) is 0 Å². The van der Waals surface area contributed by atoms with Crippen LogP contribution < -0.4 is 4.90 Å². The zero-order valence-electron chi connectivity index (χ0n) is 8.76. The third kappa shape index (κ3) is 2.94. The molecule has 0 bridgehead atoms. The van der Waals surface area contributed by atoms with E-state index in [0.717, 1.165) is 0 Å². The molecule has 0 N–H and O–H groups in total. The summed E-state index contributed by atoms with van der Waals surface area (Å²) in [6, 6.07) is 3.03. The van der Waals surface area contributed by atoms with E-state index < -0.39 is 6.09 Å². The van der Waals surface area contributed by atoms with Gasteiger partial charge in [0.15, 0.2) is 0 Å².